The van der Waals surface area contributed by atoms with Crippen molar-refractivity contribution in [2.24, 2.45) is 5.10 Å². The number of halogens is 2. The van der Waals surface area contributed by atoms with E-state index in [9.17, 15) is 4.79 Å². The zero-order valence-corrected chi connectivity index (χ0v) is 13.6. The van der Waals surface area contributed by atoms with E-state index in [-0.39, 0.29) is 5.91 Å². The van der Waals surface area contributed by atoms with Gasteiger partial charge in [0.15, 0.2) is 0 Å². The average Bonchev–Trinajstić information content (AvgIpc) is 3.06. The van der Waals surface area contributed by atoms with Gasteiger partial charge in [0.2, 0.25) is 0 Å². The lowest BCUT2D eigenvalue weighted by molar-refractivity contribution is 0.0955. The Kier molecular flexibility index (Phi) is 4.83. The van der Waals surface area contributed by atoms with Gasteiger partial charge in [0.1, 0.15) is 5.69 Å². The molecule has 24 heavy (non-hydrogen) atoms. The van der Waals surface area contributed by atoms with Crippen molar-refractivity contribution in [2.45, 2.75) is 0 Å². The molecule has 120 valence electrons. The van der Waals surface area contributed by atoms with E-state index in [4.69, 9.17) is 23.2 Å². The van der Waals surface area contributed by atoms with E-state index in [2.05, 4.69) is 25.8 Å². The summed E-state index contributed by atoms with van der Waals surface area (Å²) < 4.78 is 1.47. The van der Waals surface area contributed by atoms with Gasteiger partial charge in [0, 0.05) is 23.0 Å². The molecule has 0 saturated carbocycles. The highest BCUT2D eigenvalue weighted by Gasteiger charge is 2.07. The van der Waals surface area contributed by atoms with Crippen LogP contribution in [0.3, 0.4) is 0 Å². The third-order valence-corrected chi connectivity index (χ3v) is 3.53. The molecule has 3 rings (SSSR count). The Morgan fingerprint density at radius 1 is 1.21 bits per heavy atom. The number of carbonyl (C=O) groups is 1. The molecule has 0 aliphatic rings. The first-order valence-corrected chi connectivity index (χ1v) is 7.50. The summed E-state index contributed by atoms with van der Waals surface area (Å²) in [4.78, 5) is 15.7. The number of benzene rings is 1. The highest BCUT2D eigenvalue weighted by atomic mass is 35.5. The fraction of sp³-hybridized carbons (Fsp3) is 0. The first-order valence-electron chi connectivity index (χ1n) is 6.75. The fourth-order valence-electron chi connectivity index (χ4n) is 1.84. The Morgan fingerprint density at radius 3 is 2.79 bits per heavy atom. The number of nitrogens with zero attached hydrogens (tertiary/aromatic N) is 5. The van der Waals surface area contributed by atoms with Gasteiger partial charge in [-0.05, 0) is 30.3 Å². The quantitative estimate of drug-likeness (QED) is 0.572. The number of hydrogen-bond acceptors (Lipinski definition) is 5. The van der Waals surface area contributed by atoms with Crippen LogP contribution in [-0.2, 0) is 0 Å². The molecule has 0 unspecified atom stereocenters. The van der Waals surface area contributed by atoms with Crippen LogP contribution in [0.25, 0.3) is 5.69 Å². The lowest BCUT2D eigenvalue weighted by atomic mass is 10.3. The van der Waals surface area contributed by atoms with Crippen molar-refractivity contribution in [3.8, 4) is 5.69 Å². The van der Waals surface area contributed by atoms with E-state index in [1.165, 1.54) is 23.3 Å². The molecule has 0 spiro atoms. The fourth-order valence-corrected chi connectivity index (χ4v) is 2.21. The third kappa shape index (κ3) is 3.76. The molecule has 0 radical (unpaired) electrons. The highest BCUT2D eigenvalue weighted by Crippen LogP contribution is 2.23. The lowest BCUT2D eigenvalue weighted by Gasteiger charge is -2.02. The number of amides is 1. The Hall–Kier alpha value is -2.77. The van der Waals surface area contributed by atoms with E-state index >= 15 is 0 Å². The molecule has 9 heteroatoms. The van der Waals surface area contributed by atoms with Crippen molar-refractivity contribution in [1.29, 1.82) is 0 Å². The normalized spacial score (nSPS) is 10.9. The second kappa shape index (κ2) is 7.20. The molecule has 0 fully saturated rings. The lowest BCUT2D eigenvalue weighted by Crippen LogP contribution is -2.17. The number of rotatable bonds is 4. The molecule has 1 N–H and O–H groups in total. The zero-order valence-electron chi connectivity index (χ0n) is 12.1. The summed E-state index contributed by atoms with van der Waals surface area (Å²) in [6.07, 6.45) is 6.04. The SMILES string of the molecule is O=C(N/N=C/c1cn(-c2cc(Cl)ccc2Cl)nn1)c1ccncc1. The van der Waals surface area contributed by atoms with Gasteiger partial charge in [0.25, 0.3) is 5.91 Å². The summed E-state index contributed by atoms with van der Waals surface area (Å²) in [7, 11) is 0. The number of carbonyl (C=O) groups excluding carboxylic acids is 1. The van der Waals surface area contributed by atoms with Crippen LogP contribution in [0.1, 0.15) is 16.1 Å². The Morgan fingerprint density at radius 2 is 2.00 bits per heavy atom. The standard InChI is InChI=1S/C15H10Cl2N6O/c16-11-1-2-13(17)14(7-11)23-9-12(20-22-23)8-19-21-15(24)10-3-5-18-6-4-10/h1-9H,(H,21,24)/b19-8+. The maximum absolute atomic E-state index is 11.8. The van der Waals surface area contributed by atoms with Crippen LogP contribution in [0, 0.1) is 0 Å². The van der Waals surface area contributed by atoms with Crippen molar-refractivity contribution >= 4 is 35.3 Å². The molecule has 2 heterocycles. The number of aromatic nitrogens is 4. The van der Waals surface area contributed by atoms with Crippen LogP contribution in [0.15, 0.2) is 54.0 Å². The Bertz CT molecular complexity index is 894. The molecule has 1 amide bonds. The average molecular weight is 361 g/mol. The van der Waals surface area contributed by atoms with E-state index in [0.717, 1.165) is 0 Å². The predicted molar refractivity (Wildman–Crippen MR) is 90.7 cm³/mol. The maximum Gasteiger partial charge on any atom is 0.271 e. The summed E-state index contributed by atoms with van der Waals surface area (Å²) in [6.45, 7) is 0. The summed E-state index contributed by atoms with van der Waals surface area (Å²) in [6, 6.07) is 8.19. The van der Waals surface area contributed by atoms with Crippen molar-refractivity contribution in [3.05, 3.63) is 70.2 Å². The minimum atomic E-state index is -0.348. The van der Waals surface area contributed by atoms with Gasteiger partial charge in [-0.1, -0.05) is 28.4 Å². The number of pyridine rings is 1. The molecule has 2 aromatic heterocycles. The molecule has 0 aliphatic carbocycles. The van der Waals surface area contributed by atoms with E-state index < -0.39 is 0 Å². The summed E-state index contributed by atoms with van der Waals surface area (Å²) >= 11 is 12.1. The number of hydrazone groups is 1. The number of hydrogen-bond donors (Lipinski definition) is 1. The minimum Gasteiger partial charge on any atom is -0.267 e. The van der Waals surface area contributed by atoms with Crippen molar-refractivity contribution in [3.63, 3.8) is 0 Å². The molecule has 0 atom stereocenters. The molecule has 3 aromatic rings. The Balaban J connectivity index is 1.70. The van der Waals surface area contributed by atoms with E-state index in [1.807, 2.05) is 0 Å². The second-order valence-electron chi connectivity index (χ2n) is 4.62. The smallest absolute Gasteiger partial charge is 0.267 e. The topological polar surface area (TPSA) is 85.1 Å². The maximum atomic E-state index is 11.8. The molecule has 0 aliphatic heterocycles. The third-order valence-electron chi connectivity index (χ3n) is 2.97. The van der Waals surface area contributed by atoms with Gasteiger partial charge in [-0.3, -0.25) is 9.78 Å². The van der Waals surface area contributed by atoms with Crippen molar-refractivity contribution in [2.75, 3.05) is 0 Å². The molecule has 7 nitrogen and oxygen atoms in total. The Labute approximate surface area is 146 Å². The summed E-state index contributed by atoms with van der Waals surface area (Å²) in [5, 5.41) is 12.8. The van der Waals surface area contributed by atoms with Gasteiger partial charge >= 0.3 is 0 Å². The van der Waals surface area contributed by atoms with Crippen molar-refractivity contribution < 1.29 is 4.79 Å². The molecular formula is C15H10Cl2N6O. The number of nitrogens with one attached hydrogen (secondary N) is 1. The predicted octanol–water partition coefficient (Wildman–Crippen LogP) is 2.73. The first kappa shape index (κ1) is 16.1. The highest BCUT2D eigenvalue weighted by molar-refractivity contribution is 6.34. The van der Waals surface area contributed by atoms with Gasteiger partial charge in [-0.15, -0.1) is 5.10 Å². The summed E-state index contributed by atoms with van der Waals surface area (Å²) in [5.74, 6) is -0.348. The summed E-state index contributed by atoms with van der Waals surface area (Å²) in [5.41, 5.74) is 3.89. The molecule has 0 saturated heterocycles. The molecule has 0 bridgehead atoms. The van der Waals surface area contributed by atoms with E-state index in [1.54, 1.807) is 36.5 Å². The minimum absolute atomic E-state index is 0.348. The van der Waals surface area contributed by atoms with Crippen LogP contribution < -0.4 is 5.43 Å². The van der Waals surface area contributed by atoms with Crippen LogP contribution >= 0.6 is 23.2 Å². The van der Waals surface area contributed by atoms with Crippen LogP contribution in [0.5, 0.6) is 0 Å². The zero-order chi connectivity index (χ0) is 16.9. The van der Waals surface area contributed by atoms with Crippen LogP contribution in [-0.4, -0.2) is 32.1 Å². The molecular weight excluding hydrogens is 351 g/mol. The van der Waals surface area contributed by atoms with E-state index in [0.29, 0.717) is 27.0 Å². The van der Waals surface area contributed by atoms with Crippen LogP contribution in [0.2, 0.25) is 10.0 Å². The first-order chi connectivity index (χ1) is 11.6. The van der Waals surface area contributed by atoms with Crippen LogP contribution in [0.4, 0.5) is 0 Å². The van der Waals surface area contributed by atoms with Gasteiger partial charge < -0.3 is 0 Å². The van der Waals surface area contributed by atoms with Gasteiger partial charge in [-0.2, -0.15) is 5.10 Å². The molecule has 1 aromatic carbocycles. The second-order valence-corrected chi connectivity index (χ2v) is 5.46. The monoisotopic (exact) mass is 360 g/mol. The largest absolute Gasteiger partial charge is 0.271 e. The van der Waals surface area contributed by atoms with Crippen molar-refractivity contribution in [1.82, 2.24) is 25.4 Å². The van der Waals surface area contributed by atoms with Gasteiger partial charge in [0.05, 0.1) is 23.1 Å². The van der Waals surface area contributed by atoms with Gasteiger partial charge in [-0.25, -0.2) is 10.1 Å².